The quantitative estimate of drug-likeness (QED) is 0.704. The molecule has 1 aromatic carbocycles. The number of fused-ring (bicyclic) bond motifs is 2. The number of piperidine rings is 1. The zero-order valence-corrected chi connectivity index (χ0v) is 20.7. The van der Waals surface area contributed by atoms with Gasteiger partial charge in [0.25, 0.3) is 0 Å². The van der Waals surface area contributed by atoms with Gasteiger partial charge in [-0.2, -0.15) is 5.26 Å². The summed E-state index contributed by atoms with van der Waals surface area (Å²) in [6, 6.07) is 4.30. The summed E-state index contributed by atoms with van der Waals surface area (Å²) >= 11 is 0. The highest BCUT2D eigenvalue weighted by Gasteiger charge is 2.82. The zero-order chi connectivity index (χ0) is 23.6. The highest BCUT2D eigenvalue weighted by atomic mass is 16.6. The Kier molecular flexibility index (Phi) is 4.03. The second-order valence-corrected chi connectivity index (χ2v) is 12.3. The number of nitrogens with zero attached hydrogens (tertiary/aromatic N) is 2. The van der Waals surface area contributed by atoms with Crippen molar-refractivity contribution in [2.75, 3.05) is 20.8 Å². The summed E-state index contributed by atoms with van der Waals surface area (Å²) < 4.78 is 19.3. The summed E-state index contributed by atoms with van der Waals surface area (Å²) in [7, 11) is 3.50. The van der Waals surface area contributed by atoms with E-state index in [0.29, 0.717) is 0 Å². The normalized spacial score (nSPS) is 41.6. The minimum atomic E-state index is -0.966. The molecule has 6 nitrogen and oxygen atoms in total. The van der Waals surface area contributed by atoms with Crippen LogP contribution in [0.5, 0.6) is 11.5 Å². The minimum Gasteiger partial charge on any atom is -0.493 e. The van der Waals surface area contributed by atoms with Gasteiger partial charge in [-0.15, -0.1) is 0 Å². The number of aliphatic hydroxyl groups is 1. The lowest BCUT2D eigenvalue weighted by molar-refractivity contribution is -0.309. The summed E-state index contributed by atoms with van der Waals surface area (Å²) in [5, 5.41) is 22.2. The monoisotopic (exact) mass is 452 g/mol. The Morgan fingerprint density at radius 3 is 2.58 bits per heavy atom. The van der Waals surface area contributed by atoms with Gasteiger partial charge in [-0.25, -0.2) is 0 Å². The Morgan fingerprint density at radius 2 is 1.94 bits per heavy atom. The molecule has 2 spiro atoms. The molecule has 3 saturated carbocycles. The molecule has 7 rings (SSSR count). The van der Waals surface area contributed by atoms with E-state index < -0.39 is 11.2 Å². The van der Waals surface area contributed by atoms with Crippen LogP contribution in [0.4, 0.5) is 0 Å². The van der Waals surface area contributed by atoms with Crippen molar-refractivity contribution in [1.29, 1.82) is 5.26 Å². The van der Waals surface area contributed by atoms with Crippen molar-refractivity contribution in [3.8, 4) is 17.7 Å². The molecule has 3 unspecified atom stereocenters. The first-order valence-corrected chi connectivity index (χ1v) is 12.3. The lowest BCUT2D eigenvalue weighted by Gasteiger charge is -2.75. The third kappa shape index (κ3) is 2.10. The largest absolute Gasteiger partial charge is 0.493 e. The zero-order valence-electron chi connectivity index (χ0n) is 20.7. The molecule has 2 aliphatic heterocycles. The van der Waals surface area contributed by atoms with E-state index in [0.717, 1.165) is 50.1 Å². The standard InChI is InChI=1S/C27H36N2O4/c1-23(2,3)24(4,30)18-14-25-9-10-27(18,32-6)22-26(25)11-12-29(15-28)19(25)13-16-7-8-17(31-5)21(33-22)20(16)26/h7-8,18-19,22,30H,9-14H2,1-6H3/t18-,19?,22?,24?,25-,26+,27+/m1/s1. The molecule has 2 heterocycles. The topological polar surface area (TPSA) is 75.0 Å². The summed E-state index contributed by atoms with van der Waals surface area (Å²) in [6.45, 7) is 9.05. The molecule has 1 aromatic rings. The first-order chi connectivity index (χ1) is 15.5. The summed E-state index contributed by atoms with van der Waals surface area (Å²) in [6.07, 6.45) is 6.68. The molecule has 4 fully saturated rings. The molecule has 7 atom stereocenters. The lowest BCUT2D eigenvalue weighted by Crippen LogP contribution is -2.83. The molecule has 178 valence electrons. The van der Waals surface area contributed by atoms with E-state index in [1.807, 2.05) is 17.9 Å². The van der Waals surface area contributed by atoms with Gasteiger partial charge in [0.05, 0.1) is 12.7 Å². The fourth-order valence-corrected chi connectivity index (χ4v) is 8.91. The van der Waals surface area contributed by atoms with Gasteiger partial charge in [0, 0.05) is 42.0 Å². The van der Waals surface area contributed by atoms with Crippen LogP contribution in [0.2, 0.25) is 0 Å². The molecule has 33 heavy (non-hydrogen) atoms. The fourth-order valence-electron chi connectivity index (χ4n) is 8.91. The van der Waals surface area contributed by atoms with Crippen LogP contribution in [-0.4, -0.2) is 54.1 Å². The first-order valence-electron chi connectivity index (χ1n) is 12.3. The van der Waals surface area contributed by atoms with Gasteiger partial charge in [-0.05, 0) is 56.1 Å². The van der Waals surface area contributed by atoms with Crippen molar-refractivity contribution >= 4 is 0 Å². The smallest absolute Gasteiger partial charge is 0.179 e. The Hall–Kier alpha value is -1.97. The Balaban J connectivity index is 1.66. The second kappa shape index (κ2) is 6.17. The predicted octanol–water partition coefficient (Wildman–Crippen LogP) is 3.79. The second-order valence-electron chi connectivity index (χ2n) is 12.3. The molecule has 1 N–H and O–H groups in total. The van der Waals surface area contributed by atoms with E-state index in [1.165, 1.54) is 11.1 Å². The highest BCUT2D eigenvalue weighted by molar-refractivity contribution is 5.63. The van der Waals surface area contributed by atoms with Gasteiger partial charge < -0.3 is 24.2 Å². The Bertz CT molecular complexity index is 1070. The van der Waals surface area contributed by atoms with E-state index in [1.54, 1.807) is 14.2 Å². The maximum atomic E-state index is 12.1. The van der Waals surface area contributed by atoms with Gasteiger partial charge in [0.2, 0.25) is 0 Å². The van der Waals surface area contributed by atoms with E-state index in [9.17, 15) is 10.4 Å². The fraction of sp³-hybridized carbons (Fsp3) is 0.741. The Morgan fingerprint density at radius 1 is 1.18 bits per heavy atom. The third-order valence-electron chi connectivity index (χ3n) is 10.9. The van der Waals surface area contributed by atoms with Gasteiger partial charge >= 0.3 is 0 Å². The molecule has 0 amide bonds. The van der Waals surface area contributed by atoms with E-state index in [-0.39, 0.29) is 34.3 Å². The molecule has 6 aliphatic rings. The number of hydrogen-bond acceptors (Lipinski definition) is 6. The van der Waals surface area contributed by atoms with Gasteiger partial charge in [-0.1, -0.05) is 26.8 Å². The lowest BCUT2D eigenvalue weighted by atomic mass is 9.33. The minimum absolute atomic E-state index is 0.107. The van der Waals surface area contributed by atoms with Crippen LogP contribution in [0, 0.1) is 28.2 Å². The molecule has 4 aliphatic carbocycles. The number of methoxy groups -OCH3 is 2. The molecule has 4 bridgehead atoms. The number of rotatable bonds is 3. The van der Waals surface area contributed by atoms with Crippen LogP contribution >= 0.6 is 0 Å². The van der Waals surface area contributed by atoms with Crippen molar-refractivity contribution in [3.05, 3.63) is 23.3 Å². The van der Waals surface area contributed by atoms with Gasteiger partial charge in [0.1, 0.15) is 11.7 Å². The summed E-state index contributed by atoms with van der Waals surface area (Å²) in [5.41, 5.74) is 0.315. The van der Waals surface area contributed by atoms with Crippen molar-refractivity contribution in [3.63, 3.8) is 0 Å². The van der Waals surface area contributed by atoms with Crippen molar-refractivity contribution in [2.45, 2.75) is 88.6 Å². The average Bonchev–Trinajstić information content (AvgIpc) is 3.15. The maximum Gasteiger partial charge on any atom is 0.179 e. The molecule has 1 saturated heterocycles. The summed E-state index contributed by atoms with van der Waals surface area (Å²) in [4.78, 5) is 2.03. The SMILES string of the molecule is COc1ccc2c3c1OC1[C@]34CCN(C#N)C(C2)[C@]42CC[C@]1(OC)[C@@H](C(C)(O)C(C)(C)C)C2. The number of ether oxygens (including phenoxy) is 3. The first kappa shape index (κ1) is 21.6. The van der Waals surface area contributed by atoms with Crippen LogP contribution in [0.1, 0.15) is 64.5 Å². The van der Waals surface area contributed by atoms with Crippen LogP contribution in [0.3, 0.4) is 0 Å². The average molecular weight is 453 g/mol. The summed E-state index contributed by atoms with van der Waals surface area (Å²) in [5.74, 6) is 1.54. The number of hydrogen-bond donors (Lipinski definition) is 1. The molecule has 6 heteroatoms. The molecule has 0 aromatic heterocycles. The van der Waals surface area contributed by atoms with E-state index >= 15 is 0 Å². The van der Waals surface area contributed by atoms with Gasteiger partial charge in [-0.3, -0.25) is 0 Å². The molecular formula is C27H36N2O4. The Labute approximate surface area is 196 Å². The van der Waals surface area contributed by atoms with Crippen LogP contribution < -0.4 is 9.47 Å². The number of nitriles is 1. The van der Waals surface area contributed by atoms with Crippen molar-refractivity contribution in [1.82, 2.24) is 4.90 Å². The molecular weight excluding hydrogens is 416 g/mol. The van der Waals surface area contributed by atoms with Crippen LogP contribution in [0.15, 0.2) is 12.1 Å². The molecule has 0 radical (unpaired) electrons. The van der Waals surface area contributed by atoms with Crippen LogP contribution in [-0.2, 0) is 16.6 Å². The predicted molar refractivity (Wildman–Crippen MR) is 123 cm³/mol. The van der Waals surface area contributed by atoms with E-state index in [2.05, 4.69) is 33.0 Å². The van der Waals surface area contributed by atoms with Gasteiger partial charge in [0.15, 0.2) is 17.7 Å². The number of likely N-dealkylation sites (tertiary alicyclic amines) is 1. The third-order valence-corrected chi connectivity index (χ3v) is 10.9. The van der Waals surface area contributed by atoms with Crippen LogP contribution in [0.25, 0.3) is 0 Å². The maximum absolute atomic E-state index is 12.1. The van der Waals surface area contributed by atoms with Crippen molar-refractivity contribution in [2.24, 2.45) is 16.7 Å². The highest BCUT2D eigenvalue weighted by Crippen LogP contribution is 2.77. The van der Waals surface area contributed by atoms with E-state index in [4.69, 9.17) is 14.2 Å². The van der Waals surface area contributed by atoms with Crippen molar-refractivity contribution < 1.29 is 19.3 Å². The number of benzene rings is 1.